The van der Waals surface area contributed by atoms with Crippen LogP contribution in [0.3, 0.4) is 0 Å². The minimum Gasteiger partial charge on any atom is -0.361 e. The SMILES string of the molecule is CC(N)Cc1cccn1COCC1CC1. The zero-order valence-electron chi connectivity index (χ0n) is 9.36. The molecule has 15 heavy (non-hydrogen) atoms. The summed E-state index contributed by atoms with van der Waals surface area (Å²) in [6, 6.07) is 4.38. The molecule has 0 saturated heterocycles. The van der Waals surface area contributed by atoms with E-state index < -0.39 is 0 Å². The normalized spacial score (nSPS) is 18.0. The van der Waals surface area contributed by atoms with Crippen molar-refractivity contribution in [1.82, 2.24) is 4.57 Å². The first-order chi connectivity index (χ1) is 7.25. The highest BCUT2D eigenvalue weighted by atomic mass is 16.5. The van der Waals surface area contributed by atoms with E-state index in [1.165, 1.54) is 18.5 Å². The number of nitrogens with zero attached hydrogens (tertiary/aromatic N) is 1. The van der Waals surface area contributed by atoms with Crippen LogP contribution in [0, 0.1) is 5.92 Å². The van der Waals surface area contributed by atoms with Gasteiger partial charge in [0.25, 0.3) is 0 Å². The third-order valence-corrected chi connectivity index (χ3v) is 2.74. The first-order valence-electron chi connectivity index (χ1n) is 5.73. The highest BCUT2D eigenvalue weighted by Gasteiger charge is 2.21. The van der Waals surface area contributed by atoms with Gasteiger partial charge in [0.05, 0.1) is 6.61 Å². The summed E-state index contributed by atoms with van der Waals surface area (Å²) >= 11 is 0. The highest BCUT2D eigenvalue weighted by Crippen LogP contribution is 2.28. The molecule has 0 spiro atoms. The lowest BCUT2D eigenvalue weighted by Gasteiger charge is -2.11. The summed E-state index contributed by atoms with van der Waals surface area (Å²) in [5.74, 6) is 0.831. The standard InChI is InChI=1S/C12H20N2O/c1-10(13)7-12-3-2-6-14(12)9-15-8-11-4-5-11/h2-3,6,10-11H,4-5,7-9,13H2,1H3. The molecule has 0 aromatic carbocycles. The Balaban J connectivity index is 1.80. The van der Waals surface area contributed by atoms with Gasteiger partial charge >= 0.3 is 0 Å². The molecule has 1 saturated carbocycles. The maximum Gasteiger partial charge on any atom is 0.122 e. The number of rotatable bonds is 6. The molecule has 1 aliphatic carbocycles. The molecule has 2 N–H and O–H groups in total. The van der Waals surface area contributed by atoms with E-state index in [0.29, 0.717) is 6.73 Å². The van der Waals surface area contributed by atoms with E-state index in [9.17, 15) is 0 Å². The number of hydrogen-bond acceptors (Lipinski definition) is 2. The van der Waals surface area contributed by atoms with Crippen molar-refractivity contribution < 1.29 is 4.74 Å². The van der Waals surface area contributed by atoms with E-state index in [4.69, 9.17) is 10.5 Å². The van der Waals surface area contributed by atoms with Crippen molar-refractivity contribution in [3.8, 4) is 0 Å². The van der Waals surface area contributed by atoms with E-state index >= 15 is 0 Å². The van der Waals surface area contributed by atoms with Gasteiger partial charge in [0, 0.05) is 24.4 Å². The number of aromatic nitrogens is 1. The minimum absolute atomic E-state index is 0.210. The molecular formula is C12H20N2O. The third-order valence-electron chi connectivity index (χ3n) is 2.74. The average Bonchev–Trinajstić information content (AvgIpc) is 2.89. The molecule has 1 fully saturated rings. The van der Waals surface area contributed by atoms with Crippen LogP contribution < -0.4 is 5.73 Å². The Morgan fingerprint density at radius 1 is 1.60 bits per heavy atom. The molecule has 0 radical (unpaired) electrons. The Morgan fingerprint density at radius 2 is 2.40 bits per heavy atom. The van der Waals surface area contributed by atoms with Gasteiger partial charge in [0.1, 0.15) is 6.73 Å². The molecule has 1 aromatic rings. The summed E-state index contributed by atoms with van der Waals surface area (Å²) in [6.07, 6.45) is 5.67. The summed E-state index contributed by atoms with van der Waals surface area (Å²) in [5, 5.41) is 0. The Kier molecular flexibility index (Phi) is 3.44. The van der Waals surface area contributed by atoms with E-state index in [0.717, 1.165) is 18.9 Å². The minimum atomic E-state index is 0.210. The second kappa shape index (κ2) is 4.81. The van der Waals surface area contributed by atoms with Crippen LogP contribution in [0.25, 0.3) is 0 Å². The van der Waals surface area contributed by atoms with E-state index in [-0.39, 0.29) is 6.04 Å². The van der Waals surface area contributed by atoms with Crippen molar-refractivity contribution >= 4 is 0 Å². The largest absolute Gasteiger partial charge is 0.361 e. The van der Waals surface area contributed by atoms with Crippen LogP contribution in [0.5, 0.6) is 0 Å². The Labute approximate surface area is 91.2 Å². The molecule has 3 heteroatoms. The molecule has 1 heterocycles. The lowest BCUT2D eigenvalue weighted by molar-refractivity contribution is 0.0675. The van der Waals surface area contributed by atoms with E-state index in [1.54, 1.807) is 0 Å². The van der Waals surface area contributed by atoms with Gasteiger partial charge in [-0.05, 0) is 37.8 Å². The van der Waals surface area contributed by atoms with Crippen molar-refractivity contribution in [2.75, 3.05) is 6.61 Å². The summed E-state index contributed by atoms with van der Waals surface area (Å²) < 4.78 is 7.79. The van der Waals surface area contributed by atoms with Crippen LogP contribution in [-0.2, 0) is 17.9 Å². The molecule has 1 unspecified atom stereocenters. The van der Waals surface area contributed by atoms with Crippen LogP contribution >= 0.6 is 0 Å². The van der Waals surface area contributed by atoms with Gasteiger partial charge in [-0.2, -0.15) is 0 Å². The fourth-order valence-electron chi connectivity index (χ4n) is 1.69. The Bertz CT molecular complexity index is 302. The van der Waals surface area contributed by atoms with Crippen LogP contribution in [0.4, 0.5) is 0 Å². The lowest BCUT2D eigenvalue weighted by Crippen LogP contribution is -2.20. The van der Waals surface area contributed by atoms with Gasteiger partial charge in [-0.25, -0.2) is 0 Å². The van der Waals surface area contributed by atoms with E-state index in [1.807, 2.05) is 6.92 Å². The van der Waals surface area contributed by atoms with Gasteiger partial charge in [0.15, 0.2) is 0 Å². The van der Waals surface area contributed by atoms with Crippen LogP contribution in [0.1, 0.15) is 25.5 Å². The molecule has 0 amide bonds. The van der Waals surface area contributed by atoms with Crippen LogP contribution in [0.2, 0.25) is 0 Å². The quantitative estimate of drug-likeness (QED) is 0.774. The number of hydrogen-bond donors (Lipinski definition) is 1. The van der Waals surface area contributed by atoms with Gasteiger partial charge in [-0.3, -0.25) is 0 Å². The monoisotopic (exact) mass is 208 g/mol. The first kappa shape index (κ1) is 10.7. The molecule has 1 aliphatic rings. The summed E-state index contributed by atoms with van der Waals surface area (Å²) in [7, 11) is 0. The first-order valence-corrected chi connectivity index (χ1v) is 5.73. The van der Waals surface area contributed by atoms with Crippen molar-refractivity contribution in [1.29, 1.82) is 0 Å². The van der Waals surface area contributed by atoms with Crippen molar-refractivity contribution in [3.63, 3.8) is 0 Å². The van der Waals surface area contributed by atoms with Gasteiger partial charge in [-0.15, -0.1) is 0 Å². The van der Waals surface area contributed by atoms with Crippen molar-refractivity contribution in [2.24, 2.45) is 11.7 Å². The van der Waals surface area contributed by atoms with Crippen LogP contribution in [-0.4, -0.2) is 17.2 Å². The highest BCUT2D eigenvalue weighted by molar-refractivity contribution is 5.08. The smallest absolute Gasteiger partial charge is 0.122 e. The fraction of sp³-hybridized carbons (Fsp3) is 0.667. The molecule has 0 bridgehead atoms. The second-order valence-corrected chi connectivity index (χ2v) is 4.59. The predicted octanol–water partition coefficient (Wildman–Crippen LogP) is 1.76. The summed E-state index contributed by atoms with van der Waals surface area (Å²) in [4.78, 5) is 0. The number of nitrogens with two attached hydrogens (primary N) is 1. The maximum atomic E-state index is 5.79. The Morgan fingerprint density at radius 3 is 3.07 bits per heavy atom. The summed E-state index contributed by atoms with van der Waals surface area (Å²) in [5.41, 5.74) is 7.05. The zero-order chi connectivity index (χ0) is 10.7. The van der Waals surface area contributed by atoms with E-state index in [2.05, 4.69) is 22.9 Å². The maximum absolute atomic E-state index is 5.79. The van der Waals surface area contributed by atoms with Gasteiger partial charge in [-0.1, -0.05) is 0 Å². The third kappa shape index (κ3) is 3.36. The van der Waals surface area contributed by atoms with Crippen molar-refractivity contribution in [3.05, 3.63) is 24.0 Å². The number of ether oxygens (including phenoxy) is 1. The molecule has 3 nitrogen and oxygen atoms in total. The van der Waals surface area contributed by atoms with Crippen LogP contribution in [0.15, 0.2) is 18.3 Å². The summed E-state index contributed by atoms with van der Waals surface area (Å²) in [6.45, 7) is 3.61. The molecule has 84 valence electrons. The lowest BCUT2D eigenvalue weighted by atomic mass is 10.2. The molecular weight excluding hydrogens is 188 g/mol. The second-order valence-electron chi connectivity index (χ2n) is 4.59. The topological polar surface area (TPSA) is 40.2 Å². The van der Waals surface area contributed by atoms with Gasteiger partial charge < -0.3 is 15.0 Å². The fourth-order valence-corrected chi connectivity index (χ4v) is 1.69. The van der Waals surface area contributed by atoms with Gasteiger partial charge in [0.2, 0.25) is 0 Å². The predicted molar refractivity (Wildman–Crippen MR) is 60.5 cm³/mol. The zero-order valence-corrected chi connectivity index (χ0v) is 9.36. The molecule has 0 aliphatic heterocycles. The molecule has 1 aromatic heterocycles. The van der Waals surface area contributed by atoms with Crippen molar-refractivity contribution in [2.45, 2.75) is 39.0 Å². The molecule has 2 rings (SSSR count). The molecule has 1 atom stereocenters. The Hall–Kier alpha value is -0.800. The average molecular weight is 208 g/mol.